The number of hydroxylamine groups is 1. The Morgan fingerprint density at radius 1 is 1.02 bits per heavy atom. The lowest BCUT2D eigenvalue weighted by Crippen LogP contribution is -2.50. The second kappa shape index (κ2) is 14.1. The lowest BCUT2D eigenvalue weighted by atomic mass is 9.99. The van der Waals surface area contributed by atoms with Crippen LogP contribution in [0, 0.1) is 0 Å². The quantitative estimate of drug-likeness (QED) is 0.217. The zero-order chi connectivity index (χ0) is 32.9. The fourth-order valence-electron chi connectivity index (χ4n) is 5.92. The van der Waals surface area contributed by atoms with Gasteiger partial charge in [0, 0.05) is 62.1 Å². The van der Waals surface area contributed by atoms with Crippen LogP contribution in [-0.4, -0.2) is 79.3 Å². The first-order chi connectivity index (χ1) is 22.9. The molecular weight excluding hydrogens is 596 g/mol. The van der Waals surface area contributed by atoms with Gasteiger partial charge in [-0.25, -0.2) is 20.0 Å². The van der Waals surface area contributed by atoms with E-state index >= 15 is 0 Å². The van der Waals surface area contributed by atoms with Crippen LogP contribution < -0.4 is 30.1 Å². The molecule has 4 heterocycles. The van der Waals surface area contributed by atoms with Crippen molar-refractivity contribution >= 4 is 34.6 Å². The van der Waals surface area contributed by atoms with Gasteiger partial charge in [-0.05, 0) is 49.4 Å². The summed E-state index contributed by atoms with van der Waals surface area (Å²) in [6.07, 6.45) is 5.37. The second-order valence-corrected chi connectivity index (χ2v) is 11.6. The molecule has 244 valence electrons. The molecule has 0 radical (unpaired) electrons. The minimum absolute atomic E-state index is 0.0515. The summed E-state index contributed by atoms with van der Waals surface area (Å²) in [5, 5.41) is 8.20. The van der Waals surface area contributed by atoms with Crippen LogP contribution in [0.2, 0.25) is 0 Å². The molecule has 2 aromatic heterocycles. The Morgan fingerprint density at radius 2 is 1.89 bits per heavy atom. The highest BCUT2D eigenvalue weighted by atomic mass is 16.7. The third-order valence-electron chi connectivity index (χ3n) is 8.66. The third-order valence-corrected chi connectivity index (χ3v) is 8.66. The maximum absolute atomic E-state index is 12.5. The summed E-state index contributed by atoms with van der Waals surface area (Å²) in [6.45, 7) is 8.92. The first-order valence-corrected chi connectivity index (χ1v) is 15.6. The Balaban J connectivity index is 1.27. The molecule has 2 unspecified atom stereocenters. The Kier molecular flexibility index (Phi) is 9.50. The molecule has 6 rings (SSSR count). The maximum atomic E-state index is 12.5. The van der Waals surface area contributed by atoms with E-state index in [0.29, 0.717) is 47.3 Å². The molecule has 0 aliphatic carbocycles. The van der Waals surface area contributed by atoms with Crippen molar-refractivity contribution < 1.29 is 19.1 Å². The molecule has 47 heavy (non-hydrogen) atoms. The van der Waals surface area contributed by atoms with Crippen molar-refractivity contribution in [2.75, 3.05) is 68.1 Å². The van der Waals surface area contributed by atoms with Crippen LogP contribution in [0.25, 0.3) is 11.1 Å². The summed E-state index contributed by atoms with van der Waals surface area (Å²) < 4.78 is 11.0. The number of nitrogens with one attached hydrogen (secondary N) is 2. The third kappa shape index (κ3) is 6.98. The number of ether oxygens (including phenoxy) is 2. The number of piperazine rings is 1. The Morgan fingerprint density at radius 3 is 2.64 bits per heavy atom. The van der Waals surface area contributed by atoms with E-state index < -0.39 is 0 Å². The summed E-state index contributed by atoms with van der Waals surface area (Å²) in [5.41, 5.74) is 5.32. The number of methoxy groups -OCH3 is 2. The molecule has 12 nitrogen and oxygen atoms in total. The van der Waals surface area contributed by atoms with Crippen LogP contribution in [0.1, 0.15) is 24.9 Å². The summed E-state index contributed by atoms with van der Waals surface area (Å²) in [6, 6.07) is 18.2. The predicted octanol–water partition coefficient (Wildman–Crippen LogP) is 5.45. The van der Waals surface area contributed by atoms with E-state index in [1.807, 2.05) is 47.7 Å². The summed E-state index contributed by atoms with van der Waals surface area (Å²) >= 11 is 0. The number of benzene rings is 2. The number of aromatic nitrogens is 3. The zero-order valence-electron chi connectivity index (χ0n) is 27.1. The average Bonchev–Trinajstić information content (AvgIpc) is 3.60. The molecule has 0 bridgehead atoms. The van der Waals surface area contributed by atoms with E-state index in [-0.39, 0.29) is 11.9 Å². The summed E-state index contributed by atoms with van der Waals surface area (Å²) in [4.78, 5) is 36.6. The Labute approximate surface area is 275 Å². The number of amides is 1. The first kappa shape index (κ1) is 31.8. The molecule has 2 fully saturated rings. The highest BCUT2D eigenvalue weighted by molar-refractivity contribution is 6.02. The Hall–Kier alpha value is -5.20. The van der Waals surface area contributed by atoms with Crippen LogP contribution >= 0.6 is 0 Å². The molecule has 0 spiro atoms. The second-order valence-electron chi connectivity index (χ2n) is 11.6. The van der Waals surface area contributed by atoms with Crippen molar-refractivity contribution in [1.29, 1.82) is 0 Å². The lowest BCUT2D eigenvalue weighted by Gasteiger charge is -2.40. The number of nitrogens with zero attached hydrogens (tertiary/aromatic N) is 6. The van der Waals surface area contributed by atoms with Gasteiger partial charge in [-0.15, -0.1) is 0 Å². The van der Waals surface area contributed by atoms with Crippen LogP contribution in [0.15, 0.2) is 79.8 Å². The van der Waals surface area contributed by atoms with Crippen LogP contribution in [-0.2, 0) is 9.63 Å². The van der Waals surface area contributed by atoms with E-state index in [0.717, 1.165) is 48.4 Å². The molecule has 0 saturated carbocycles. The highest BCUT2D eigenvalue weighted by Gasteiger charge is 2.30. The normalized spacial score (nSPS) is 18.1. The number of likely N-dealkylation sites (N-methyl/N-ethyl adjacent to an activating group) is 1. The van der Waals surface area contributed by atoms with E-state index in [4.69, 9.17) is 14.3 Å². The highest BCUT2D eigenvalue weighted by Crippen LogP contribution is 2.40. The van der Waals surface area contributed by atoms with Gasteiger partial charge in [-0.2, -0.15) is 0 Å². The number of anilines is 5. The van der Waals surface area contributed by atoms with Gasteiger partial charge in [0.25, 0.3) is 0 Å². The number of hydrogen-bond donors (Lipinski definition) is 2. The number of rotatable bonds is 10. The minimum atomic E-state index is -0.293. The van der Waals surface area contributed by atoms with Crippen LogP contribution in [0.4, 0.5) is 28.7 Å². The molecular formula is C35H40N8O4. The van der Waals surface area contributed by atoms with Crippen molar-refractivity contribution in [3.05, 3.63) is 85.3 Å². The van der Waals surface area contributed by atoms with Gasteiger partial charge in [0.2, 0.25) is 11.8 Å². The standard InChI is InChI=1S/C35H40N8O4/c1-6-34(44)40-27-17-28(31(45-4)18-30(27)42-14-13-41(3)23(2)21-42)39-32-19-33(38-22-37-32)43-29(12-15-47-43)25-9-7-8-24(16-25)26-10-11-35(46-5)36-20-26/h6-11,16-20,22-23,29H,1,12-15,21H2,2-5H3,(H,40,44)(H,37,38,39). The maximum Gasteiger partial charge on any atom is 0.247 e. The van der Waals surface area contributed by atoms with Gasteiger partial charge in [0.1, 0.15) is 17.9 Å². The van der Waals surface area contributed by atoms with E-state index in [1.54, 1.807) is 14.2 Å². The SMILES string of the molecule is C=CC(=O)Nc1cc(Nc2cc(N3OCCC3c3cccc(-c4ccc(OC)nc4)c3)ncn2)c(OC)cc1N1CCN(C)C(C)C1. The fraction of sp³-hybridized carbons (Fsp3) is 0.314. The minimum Gasteiger partial charge on any atom is -0.494 e. The van der Waals surface area contributed by atoms with Gasteiger partial charge >= 0.3 is 0 Å². The lowest BCUT2D eigenvalue weighted by molar-refractivity contribution is -0.111. The fourth-order valence-corrected chi connectivity index (χ4v) is 5.92. The van der Waals surface area contributed by atoms with Crippen molar-refractivity contribution in [3.63, 3.8) is 0 Å². The van der Waals surface area contributed by atoms with Crippen molar-refractivity contribution in [1.82, 2.24) is 19.9 Å². The number of carbonyl (C=O) groups excluding carboxylic acids is 1. The molecule has 12 heteroatoms. The molecule has 2 N–H and O–H groups in total. The molecule has 2 aromatic carbocycles. The molecule has 2 atom stereocenters. The van der Waals surface area contributed by atoms with Gasteiger partial charge in [0.05, 0.1) is 43.9 Å². The van der Waals surface area contributed by atoms with Crippen LogP contribution in [0.3, 0.4) is 0 Å². The van der Waals surface area contributed by atoms with Gasteiger partial charge in [-0.3, -0.25) is 9.63 Å². The summed E-state index contributed by atoms with van der Waals surface area (Å²) in [5.74, 6) is 2.05. The van der Waals surface area contributed by atoms with Gasteiger partial charge in [-0.1, -0.05) is 24.8 Å². The van der Waals surface area contributed by atoms with Crippen molar-refractivity contribution in [3.8, 4) is 22.8 Å². The summed E-state index contributed by atoms with van der Waals surface area (Å²) in [7, 11) is 5.36. The largest absolute Gasteiger partial charge is 0.494 e. The van der Waals surface area contributed by atoms with Crippen molar-refractivity contribution in [2.24, 2.45) is 0 Å². The van der Waals surface area contributed by atoms with Gasteiger partial charge in [0.15, 0.2) is 5.82 Å². The van der Waals surface area contributed by atoms with Crippen LogP contribution in [0.5, 0.6) is 11.6 Å². The molecule has 2 saturated heterocycles. The molecule has 4 aromatic rings. The molecule has 2 aliphatic rings. The first-order valence-electron chi connectivity index (χ1n) is 15.6. The Bertz CT molecular complexity index is 1730. The average molecular weight is 637 g/mol. The van der Waals surface area contributed by atoms with E-state index in [2.05, 4.69) is 74.1 Å². The molecule has 1 amide bonds. The topological polar surface area (TPSA) is 117 Å². The van der Waals surface area contributed by atoms with E-state index in [1.165, 1.54) is 12.4 Å². The predicted molar refractivity (Wildman–Crippen MR) is 183 cm³/mol. The smallest absolute Gasteiger partial charge is 0.247 e. The number of pyridine rings is 1. The van der Waals surface area contributed by atoms with E-state index in [9.17, 15) is 4.79 Å². The number of hydrogen-bond acceptors (Lipinski definition) is 11. The molecule has 2 aliphatic heterocycles. The zero-order valence-corrected chi connectivity index (χ0v) is 27.1. The number of carbonyl (C=O) groups is 1. The van der Waals surface area contributed by atoms with Gasteiger partial charge < -0.3 is 29.9 Å². The monoisotopic (exact) mass is 636 g/mol. The van der Waals surface area contributed by atoms with Crippen molar-refractivity contribution in [2.45, 2.75) is 25.4 Å².